The number of carbonyl (C=O) groups excluding carboxylic acids is 1. The van der Waals surface area contributed by atoms with Gasteiger partial charge in [-0.1, -0.05) is 62.9 Å². The molecule has 2 heterocycles. The Morgan fingerprint density at radius 1 is 1.20 bits per heavy atom. The third kappa shape index (κ3) is 5.80. The molecule has 0 aliphatic carbocycles. The predicted molar refractivity (Wildman–Crippen MR) is 137 cm³/mol. The third-order valence-electron chi connectivity index (χ3n) is 5.41. The SMILES string of the molecule is C=CCn1c(SCC(=O)c2c(N)n(CCOC)c(=O)[nH]c2=O)nnc1-c1ccc(C(C)(C)C)cc1. The summed E-state index contributed by atoms with van der Waals surface area (Å²) in [4.78, 5) is 39.5. The van der Waals surface area contributed by atoms with Crippen LogP contribution >= 0.6 is 11.8 Å². The van der Waals surface area contributed by atoms with Crippen molar-refractivity contribution in [2.45, 2.75) is 44.4 Å². The van der Waals surface area contributed by atoms with Gasteiger partial charge < -0.3 is 10.5 Å². The van der Waals surface area contributed by atoms with Crippen molar-refractivity contribution in [3.8, 4) is 11.4 Å². The number of ketones is 1. The summed E-state index contributed by atoms with van der Waals surface area (Å²) in [5.74, 6) is -0.183. The van der Waals surface area contributed by atoms with Gasteiger partial charge in [0.25, 0.3) is 5.56 Å². The standard InChI is InChI=1S/C24H30N6O4S/c1-6-11-30-20(15-7-9-16(10-8-15)24(2,3)4)27-28-23(30)35-14-17(31)18-19(25)29(12-13-34-5)22(33)26-21(18)32/h6-10H,1,11-14,25H2,2-5H3,(H,26,32,33). The monoisotopic (exact) mass is 498 g/mol. The van der Waals surface area contributed by atoms with Gasteiger partial charge in [0.05, 0.1) is 18.9 Å². The lowest BCUT2D eigenvalue weighted by molar-refractivity contribution is 0.102. The summed E-state index contributed by atoms with van der Waals surface area (Å²) in [5.41, 5.74) is 6.34. The summed E-state index contributed by atoms with van der Waals surface area (Å²) >= 11 is 1.13. The van der Waals surface area contributed by atoms with Crippen LogP contribution in [0.2, 0.25) is 0 Å². The molecule has 0 aliphatic rings. The normalized spacial score (nSPS) is 11.5. The van der Waals surface area contributed by atoms with Crippen LogP contribution in [-0.4, -0.2) is 49.6 Å². The number of nitrogens with zero attached hydrogens (tertiary/aromatic N) is 4. The van der Waals surface area contributed by atoms with Gasteiger partial charge in [-0.25, -0.2) is 4.79 Å². The minimum absolute atomic E-state index is 0.0282. The van der Waals surface area contributed by atoms with Crippen molar-refractivity contribution in [2.75, 3.05) is 25.2 Å². The quantitative estimate of drug-likeness (QED) is 0.247. The number of aromatic amines is 1. The molecule has 3 aromatic rings. The number of ether oxygens (including phenoxy) is 1. The molecule has 0 unspecified atom stereocenters. The molecule has 0 atom stereocenters. The minimum Gasteiger partial charge on any atom is -0.384 e. The maximum absolute atomic E-state index is 12.9. The molecule has 10 nitrogen and oxygen atoms in total. The van der Waals surface area contributed by atoms with Gasteiger partial charge in [0.15, 0.2) is 16.8 Å². The van der Waals surface area contributed by atoms with Gasteiger partial charge >= 0.3 is 5.69 Å². The number of rotatable bonds is 10. The Labute approximate surface area is 207 Å². The van der Waals surface area contributed by atoms with E-state index in [1.807, 2.05) is 16.7 Å². The fraction of sp³-hybridized carbons (Fsp3) is 0.375. The topological polar surface area (TPSA) is 138 Å². The Morgan fingerprint density at radius 3 is 2.49 bits per heavy atom. The Kier molecular flexibility index (Phi) is 8.13. The first kappa shape index (κ1) is 26.2. The molecule has 0 amide bonds. The van der Waals surface area contributed by atoms with Crippen LogP contribution in [0.25, 0.3) is 11.4 Å². The maximum atomic E-state index is 12.9. The summed E-state index contributed by atoms with van der Waals surface area (Å²) in [6, 6.07) is 8.11. The number of nitrogens with one attached hydrogen (secondary N) is 1. The maximum Gasteiger partial charge on any atom is 0.330 e. The van der Waals surface area contributed by atoms with Gasteiger partial charge in [0.2, 0.25) is 0 Å². The number of allylic oxidation sites excluding steroid dienone is 1. The average Bonchev–Trinajstić information content (AvgIpc) is 3.19. The Morgan fingerprint density at radius 2 is 1.89 bits per heavy atom. The zero-order valence-corrected chi connectivity index (χ0v) is 21.1. The number of carbonyl (C=O) groups is 1. The molecule has 3 rings (SSSR count). The number of anilines is 1. The van der Waals surface area contributed by atoms with Crippen molar-refractivity contribution in [2.24, 2.45) is 0 Å². The summed E-state index contributed by atoms with van der Waals surface area (Å²) < 4.78 is 7.93. The van der Waals surface area contributed by atoms with Crippen molar-refractivity contribution in [1.29, 1.82) is 0 Å². The van der Waals surface area contributed by atoms with Gasteiger partial charge in [0.1, 0.15) is 11.4 Å². The third-order valence-corrected chi connectivity index (χ3v) is 6.37. The van der Waals surface area contributed by atoms with E-state index >= 15 is 0 Å². The number of methoxy groups -OCH3 is 1. The highest BCUT2D eigenvalue weighted by atomic mass is 32.2. The Hall–Kier alpha value is -3.44. The zero-order chi connectivity index (χ0) is 25.8. The molecule has 186 valence electrons. The highest BCUT2D eigenvalue weighted by molar-refractivity contribution is 7.99. The van der Waals surface area contributed by atoms with Crippen molar-refractivity contribution in [3.63, 3.8) is 0 Å². The first-order chi connectivity index (χ1) is 16.6. The fourth-order valence-corrected chi connectivity index (χ4v) is 4.31. The molecule has 0 bridgehead atoms. The first-order valence-electron chi connectivity index (χ1n) is 11.0. The van der Waals surface area contributed by atoms with E-state index in [0.29, 0.717) is 17.5 Å². The molecule has 0 radical (unpaired) electrons. The summed E-state index contributed by atoms with van der Waals surface area (Å²) in [7, 11) is 1.47. The minimum atomic E-state index is -0.820. The molecule has 1 aromatic carbocycles. The van der Waals surface area contributed by atoms with Crippen LogP contribution in [0, 0.1) is 0 Å². The van der Waals surface area contributed by atoms with Crippen molar-refractivity contribution in [3.05, 3.63) is 68.9 Å². The van der Waals surface area contributed by atoms with E-state index in [0.717, 1.165) is 21.9 Å². The van der Waals surface area contributed by atoms with Crippen LogP contribution in [0.5, 0.6) is 0 Å². The van der Waals surface area contributed by atoms with Gasteiger partial charge in [-0.3, -0.25) is 23.7 Å². The smallest absolute Gasteiger partial charge is 0.330 e. The summed E-state index contributed by atoms with van der Waals surface area (Å²) in [5, 5.41) is 9.07. The van der Waals surface area contributed by atoms with Crippen LogP contribution in [0.1, 0.15) is 36.7 Å². The molecular formula is C24H30N6O4S. The predicted octanol–water partition coefficient (Wildman–Crippen LogP) is 2.48. The number of Topliss-reactive ketones (excluding diaryl/α,β-unsaturated/α-hetero) is 1. The van der Waals surface area contributed by atoms with Crippen LogP contribution in [0.3, 0.4) is 0 Å². The number of thioether (sulfide) groups is 1. The number of hydrogen-bond acceptors (Lipinski definition) is 8. The fourth-order valence-electron chi connectivity index (χ4n) is 3.49. The van der Waals surface area contributed by atoms with Crippen LogP contribution < -0.4 is 17.0 Å². The Bertz CT molecular complexity index is 1330. The number of aromatic nitrogens is 5. The van der Waals surface area contributed by atoms with Crippen molar-refractivity contribution in [1.82, 2.24) is 24.3 Å². The lowest BCUT2D eigenvalue weighted by atomic mass is 9.87. The number of H-pyrrole nitrogens is 1. The first-order valence-corrected chi connectivity index (χ1v) is 12.0. The number of benzene rings is 1. The van der Waals surface area contributed by atoms with Gasteiger partial charge in [-0.05, 0) is 11.0 Å². The lowest BCUT2D eigenvalue weighted by Crippen LogP contribution is -2.37. The highest BCUT2D eigenvalue weighted by Crippen LogP contribution is 2.28. The number of nitrogens with two attached hydrogens (primary N) is 1. The molecular weight excluding hydrogens is 468 g/mol. The molecule has 0 spiro atoms. The van der Waals surface area contributed by atoms with Crippen LogP contribution in [0.15, 0.2) is 51.7 Å². The summed E-state index contributed by atoms with van der Waals surface area (Å²) in [6.07, 6.45) is 1.72. The largest absolute Gasteiger partial charge is 0.384 e. The second-order valence-electron chi connectivity index (χ2n) is 8.91. The molecule has 0 aliphatic heterocycles. The van der Waals surface area contributed by atoms with E-state index in [4.69, 9.17) is 10.5 Å². The molecule has 35 heavy (non-hydrogen) atoms. The van der Waals surface area contributed by atoms with Gasteiger partial charge in [-0.15, -0.1) is 16.8 Å². The van der Waals surface area contributed by atoms with Crippen molar-refractivity contribution >= 4 is 23.4 Å². The molecule has 3 N–H and O–H groups in total. The summed E-state index contributed by atoms with van der Waals surface area (Å²) in [6.45, 7) is 11.0. The van der Waals surface area contributed by atoms with Crippen LogP contribution in [-0.2, 0) is 23.2 Å². The van der Waals surface area contributed by atoms with Crippen molar-refractivity contribution < 1.29 is 9.53 Å². The average molecular weight is 499 g/mol. The second-order valence-corrected chi connectivity index (χ2v) is 9.85. The van der Waals surface area contributed by atoms with Gasteiger partial charge in [0, 0.05) is 19.2 Å². The number of nitrogen functional groups attached to an aromatic ring is 1. The molecule has 0 saturated heterocycles. The van der Waals surface area contributed by atoms with E-state index in [1.54, 1.807) is 6.08 Å². The van der Waals surface area contributed by atoms with E-state index in [9.17, 15) is 14.4 Å². The van der Waals surface area contributed by atoms with Crippen LogP contribution in [0.4, 0.5) is 5.82 Å². The zero-order valence-electron chi connectivity index (χ0n) is 20.3. The highest BCUT2D eigenvalue weighted by Gasteiger charge is 2.22. The lowest BCUT2D eigenvalue weighted by Gasteiger charge is -2.19. The Balaban J connectivity index is 1.86. The number of hydrogen-bond donors (Lipinski definition) is 2. The van der Waals surface area contributed by atoms with E-state index in [1.165, 1.54) is 12.7 Å². The second kappa shape index (κ2) is 10.9. The van der Waals surface area contributed by atoms with E-state index in [2.05, 4.69) is 54.7 Å². The van der Waals surface area contributed by atoms with Gasteiger partial charge in [-0.2, -0.15) is 0 Å². The van der Waals surface area contributed by atoms with E-state index in [-0.39, 0.29) is 35.7 Å². The molecule has 0 fully saturated rings. The van der Waals surface area contributed by atoms with E-state index < -0.39 is 17.0 Å². The molecule has 2 aromatic heterocycles. The molecule has 11 heteroatoms. The molecule has 0 saturated carbocycles.